The number of aromatic nitrogens is 1. The van der Waals surface area contributed by atoms with E-state index >= 15 is 0 Å². The number of hydrogen-bond acceptors (Lipinski definition) is 5. The molecule has 2 fully saturated rings. The van der Waals surface area contributed by atoms with Gasteiger partial charge in [-0.3, -0.25) is 4.79 Å². The van der Waals surface area contributed by atoms with Crippen LogP contribution in [0.3, 0.4) is 0 Å². The maximum absolute atomic E-state index is 13.5. The van der Waals surface area contributed by atoms with Crippen LogP contribution in [0.15, 0.2) is 41.4 Å². The van der Waals surface area contributed by atoms with Crippen LogP contribution in [0, 0.1) is 11.6 Å². The average molecular weight is 441 g/mol. The number of carbonyl (C=O) groups excluding carboxylic acids is 1. The molecule has 3 heterocycles. The molecule has 0 spiro atoms. The molecular weight excluding hydrogens is 420 g/mol. The third-order valence-electron chi connectivity index (χ3n) is 5.25. The highest BCUT2D eigenvalue weighted by Crippen LogP contribution is 2.27. The Labute approximate surface area is 172 Å². The van der Waals surface area contributed by atoms with Crippen LogP contribution in [0.25, 0.3) is 0 Å². The van der Waals surface area contributed by atoms with Crippen molar-refractivity contribution < 1.29 is 31.5 Å². The summed E-state index contributed by atoms with van der Waals surface area (Å²) < 4.78 is 66.6. The molecule has 0 unspecified atom stereocenters. The summed E-state index contributed by atoms with van der Waals surface area (Å²) in [6.45, 7) is 0.363. The van der Waals surface area contributed by atoms with Crippen molar-refractivity contribution in [2.45, 2.75) is 23.1 Å². The molecule has 0 aliphatic carbocycles. The van der Waals surface area contributed by atoms with E-state index in [9.17, 15) is 22.0 Å². The molecule has 1 amide bonds. The molecule has 0 saturated carbocycles. The predicted molar refractivity (Wildman–Crippen MR) is 101 cm³/mol. The summed E-state index contributed by atoms with van der Waals surface area (Å²) in [5.41, 5.74) is 0.503. The highest BCUT2D eigenvalue weighted by Gasteiger charge is 2.43. The Balaban J connectivity index is 1.39. The number of benzene rings is 1. The molecule has 2 atom stereocenters. The van der Waals surface area contributed by atoms with E-state index in [1.165, 1.54) is 0 Å². The number of hydrogen-bond donors (Lipinski definition) is 1. The number of rotatable bonds is 4. The molecule has 0 bridgehead atoms. The summed E-state index contributed by atoms with van der Waals surface area (Å²) in [7, 11) is -2.26. The number of ether oxygens (including phenoxy) is 2. The molecule has 2 saturated heterocycles. The fourth-order valence-corrected chi connectivity index (χ4v) is 5.06. The normalized spacial score (nSPS) is 23.2. The van der Waals surface area contributed by atoms with Crippen molar-refractivity contribution in [1.29, 1.82) is 0 Å². The van der Waals surface area contributed by atoms with Crippen LogP contribution >= 0.6 is 0 Å². The fourth-order valence-electron chi connectivity index (χ4n) is 3.58. The monoisotopic (exact) mass is 441 g/mol. The van der Waals surface area contributed by atoms with Gasteiger partial charge in [-0.2, -0.15) is 4.31 Å². The van der Waals surface area contributed by atoms with Crippen molar-refractivity contribution in [2.75, 3.05) is 26.3 Å². The summed E-state index contributed by atoms with van der Waals surface area (Å²) in [6.07, 6.45) is 0.713. The average Bonchev–Trinajstić information content (AvgIpc) is 3.28. The second-order valence-electron chi connectivity index (χ2n) is 7.32. The summed E-state index contributed by atoms with van der Waals surface area (Å²) in [5.74, 6) is -2.60. The van der Waals surface area contributed by atoms with E-state index < -0.39 is 33.9 Å². The van der Waals surface area contributed by atoms with Crippen molar-refractivity contribution in [2.24, 2.45) is 7.05 Å². The van der Waals surface area contributed by atoms with E-state index in [4.69, 9.17) is 9.47 Å². The predicted octanol–water partition coefficient (Wildman–Crippen LogP) is 0.890. The van der Waals surface area contributed by atoms with Crippen molar-refractivity contribution in [3.8, 4) is 0 Å². The SMILES string of the molecule is Cn1cccc1C(=O)NC1CO[C@H]2CN(S(=O)(=O)c3ccc(F)c(F)c3)C[C@@H]2OC1. The van der Waals surface area contributed by atoms with Crippen molar-refractivity contribution in [1.82, 2.24) is 14.2 Å². The Morgan fingerprint density at radius 1 is 1.10 bits per heavy atom. The lowest BCUT2D eigenvalue weighted by molar-refractivity contribution is -0.00461. The highest BCUT2D eigenvalue weighted by molar-refractivity contribution is 7.89. The topological polar surface area (TPSA) is 89.9 Å². The third-order valence-corrected chi connectivity index (χ3v) is 7.07. The Hall–Kier alpha value is -2.34. The number of carbonyl (C=O) groups is 1. The molecule has 2 aliphatic rings. The lowest BCUT2D eigenvalue weighted by Crippen LogP contribution is -2.42. The molecule has 2 aromatic rings. The molecule has 1 aromatic carbocycles. The van der Waals surface area contributed by atoms with Crippen LogP contribution in [0.2, 0.25) is 0 Å². The first-order chi connectivity index (χ1) is 14.3. The Kier molecular flexibility index (Phi) is 5.62. The largest absolute Gasteiger partial charge is 0.372 e. The third kappa shape index (κ3) is 3.97. The molecule has 1 N–H and O–H groups in total. The standard InChI is InChI=1S/C19H21F2N3O5S/c1-23-6-2-3-16(23)19(25)22-12-10-28-17-8-24(9-18(17)29-11-12)30(26,27)13-4-5-14(20)15(21)7-13/h2-7,12,17-18H,8-11H2,1H3,(H,22,25)/t17-,18-/m0/s1. The van der Waals surface area contributed by atoms with E-state index in [0.717, 1.165) is 16.4 Å². The van der Waals surface area contributed by atoms with Crippen molar-refractivity contribution >= 4 is 15.9 Å². The fraction of sp³-hybridized carbons (Fsp3) is 0.421. The van der Waals surface area contributed by atoms with Gasteiger partial charge in [0.1, 0.15) is 5.69 Å². The maximum atomic E-state index is 13.5. The summed E-state index contributed by atoms with van der Waals surface area (Å²) >= 11 is 0. The van der Waals surface area contributed by atoms with Crippen LogP contribution in [0.5, 0.6) is 0 Å². The lowest BCUT2D eigenvalue weighted by atomic mass is 10.3. The van der Waals surface area contributed by atoms with Gasteiger partial charge in [0, 0.05) is 26.3 Å². The van der Waals surface area contributed by atoms with Gasteiger partial charge in [-0.05, 0) is 30.3 Å². The van der Waals surface area contributed by atoms with Crippen LogP contribution < -0.4 is 5.32 Å². The second kappa shape index (κ2) is 8.06. The van der Waals surface area contributed by atoms with Gasteiger partial charge in [0.2, 0.25) is 10.0 Å². The van der Waals surface area contributed by atoms with Gasteiger partial charge in [0.25, 0.3) is 5.91 Å². The Morgan fingerprint density at radius 2 is 1.77 bits per heavy atom. The summed E-state index contributed by atoms with van der Waals surface area (Å²) in [4.78, 5) is 12.0. The first-order valence-electron chi connectivity index (χ1n) is 9.36. The Morgan fingerprint density at radius 3 is 2.33 bits per heavy atom. The van der Waals surface area contributed by atoms with Gasteiger partial charge in [-0.15, -0.1) is 0 Å². The lowest BCUT2D eigenvalue weighted by Gasteiger charge is -2.19. The van der Waals surface area contributed by atoms with Crippen LogP contribution in [0.1, 0.15) is 10.5 Å². The molecule has 30 heavy (non-hydrogen) atoms. The van der Waals surface area contributed by atoms with Gasteiger partial charge >= 0.3 is 0 Å². The molecule has 2 aliphatic heterocycles. The van der Waals surface area contributed by atoms with Crippen LogP contribution in [-0.2, 0) is 26.5 Å². The minimum atomic E-state index is -4.02. The van der Waals surface area contributed by atoms with E-state index in [2.05, 4.69) is 5.32 Å². The van der Waals surface area contributed by atoms with Gasteiger partial charge < -0.3 is 19.4 Å². The summed E-state index contributed by atoms with van der Waals surface area (Å²) in [6, 6.07) is 5.55. The number of amides is 1. The molecule has 4 rings (SSSR count). The van der Waals surface area contributed by atoms with Gasteiger partial charge in [-0.25, -0.2) is 17.2 Å². The molecule has 0 radical (unpaired) electrons. The van der Waals surface area contributed by atoms with Crippen molar-refractivity contribution in [3.05, 3.63) is 53.9 Å². The maximum Gasteiger partial charge on any atom is 0.268 e. The van der Waals surface area contributed by atoms with Crippen molar-refractivity contribution in [3.63, 3.8) is 0 Å². The zero-order valence-electron chi connectivity index (χ0n) is 16.1. The van der Waals surface area contributed by atoms with E-state index in [0.29, 0.717) is 11.8 Å². The zero-order chi connectivity index (χ0) is 21.5. The van der Waals surface area contributed by atoms with Crippen LogP contribution in [0.4, 0.5) is 8.78 Å². The van der Waals surface area contributed by atoms with E-state index in [1.54, 1.807) is 29.9 Å². The molecule has 11 heteroatoms. The van der Waals surface area contributed by atoms with Crippen LogP contribution in [-0.4, -0.2) is 67.8 Å². The smallest absolute Gasteiger partial charge is 0.268 e. The van der Waals surface area contributed by atoms with E-state index in [-0.39, 0.29) is 43.1 Å². The summed E-state index contributed by atoms with van der Waals surface area (Å²) in [5, 5.41) is 2.85. The first-order valence-corrected chi connectivity index (χ1v) is 10.8. The highest BCUT2D eigenvalue weighted by atomic mass is 32.2. The van der Waals surface area contributed by atoms with Gasteiger partial charge in [0.15, 0.2) is 11.6 Å². The van der Waals surface area contributed by atoms with E-state index in [1.807, 2.05) is 0 Å². The second-order valence-corrected chi connectivity index (χ2v) is 9.25. The number of halogens is 2. The molecule has 1 aromatic heterocycles. The molecule has 8 nitrogen and oxygen atoms in total. The molecule has 162 valence electrons. The number of nitrogens with zero attached hydrogens (tertiary/aromatic N) is 2. The quantitative estimate of drug-likeness (QED) is 0.761. The van der Waals surface area contributed by atoms with Gasteiger partial charge in [0.05, 0.1) is 36.4 Å². The number of aryl methyl sites for hydroxylation is 1. The number of fused-ring (bicyclic) bond motifs is 1. The minimum Gasteiger partial charge on any atom is -0.372 e. The van der Waals surface area contributed by atoms with Gasteiger partial charge in [-0.1, -0.05) is 0 Å². The number of sulfonamides is 1. The number of nitrogens with one attached hydrogen (secondary N) is 1. The molecular formula is C19H21F2N3O5S. The Bertz CT molecular complexity index is 1040. The first kappa shape index (κ1) is 20.9. The minimum absolute atomic E-state index is 0.0183. The zero-order valence-corrected chi connectivity index (χ0v) is 16.9.